The highest BCUT2D eigenvalue weighted by molar-refractivity contribution is 6.00. The van der Waals surface area contributed by atoms with E-state index in [1.165, 1.54) is 19.3 Å². The van der Waals surface area contributed by atoms with E-state index in [0.717, 1.165) is 11.6 Å². The summed E-state index contributed by atoms with van der Waals surface area (Å²) in [5.41, 5.74) is 7.92. The van der Waals surface area contributed by atoms with Gasteiger partial charge in [0.15, 0.2) is 5.78 Å². The maximum absolute atomic E-state index is 11.4. The molecule has 3 N–H and O–H groups in total. The van der Waals surface area contributed by atoms with Crippen molar-refractivity contribution < 1.29 is 4.79 Å². The summed E-state index contributed by atoms with van der Waals surface area (Å²) in [6.45, 7) is 3.75. The van der Waals surface area contributed by atoms with Gasteiger partial charge in [-0.05, 0) is 50.8 Å². The second kappa shape index (κ2) is 4.78. The summed E-state index contributed by atoms with van der Waals surface area (Å²) in [5.74, 6) is 0.788. The van der Waals surface area contributed by atoms with E-state index in [0.29, 0.717) is 17.3 Å². The number of nitrogens with two attached hydrogens (primary N) is 1. The zero-order chi connectivity index (χ0) is 12.4. The Bertz CT molecular complexity index is 424. The zero-order valence-corrected chi connectivity index (χ0v) is 10.5. The second-order valence-corrected chi connectivity index (χ2v) is 4.98. The van der Waals surface area contributed by atoms with Crippen molar-refractivity contribution in [2.24, 2.45) is 5.92 Å². The number of carbonyl (C=O) groups excluding carboxylic acids is 1. The van der Waals surface area contributed by atoms with Gasteiger partial charge in [-0.1, -0.05) is 6.42 Å². The van der Waals surface area contributed by atoms with Crippen molar-refractivity contribution in [3.8, 4) is 0 Å². The Labute approximate surface area is 102 Å². The van der Waals surface area contributed by atoms with Crippen molar-refractivity contribution in [1.82, 2.24) is 0 Å². The molecule has 0 aromatic heterocycles. The highest BCUT2D eigenvalue weighted by Crippen LogP contribution is 2.31. The van der Waals surface area contributed by atoms with Crippen molar-refractivity contribution in [1.29, 1.82) is 0 Å². The highest BCUT2D eigenvalue weighted by atomic mass is 16.1. The Balaban J connectivity index is 2.10. The molecule has 1 aromatic carbocycles. The van der Waals surface area contributed by atoms with Crippen LogP contribution in [0, 0.1) is 5.92 Å². The lowest BCUT2D eigenvalue weighted by atomic mass is 9.80. The first kappa shape index (κ1) is 12.0. The van der Waals surface area contributed by atoms with E-state index in [4.69, 9.17) is 5.73 Å². The minimum Gasteiger partial charge on any atom is -0.398 e. The van der Waals surface area contributed by atoms with E-state index in [-0.39, 0.29) is 5.78 Å². The van der Waals surface area contributed by atoms with Crippen molar-refractivity contribution in [2.45, 2.75) is 39.2 Å². The minimum absolute atomic E-state index is 0.0162. The monoisotopic (exact) mass is 232 g/mol. The van der Waals surface area contributed by atoms with E-state index in [1.54, 1.807) is 13.0 Å². The third kappa shape index (κ3) is 2.60. The molecule has 0 bridgehead atoms. The number of hydrogen-bond acceptors (Lipinski definition) is 3. The lowest BCUT2D eigenvalue weighted by Crippen LogP contribution is -2.30. The van der Waals surface area contributed by atoms with Gasteiger partial charge in [0.05, 0.1) is 0 Å². The van der Waals surface area contributed by atoms with Gasteiger partial charge in [-0.25, -0.2) is 0 Å². The van der Waals surface area contributed by atoms with Crippen LogP contribution in [0.5, 0.6) is 0 Å². The van der Waals surface area contributed by atoms with Crippen molar-refractivity contribution in [3.05, 3.63) is 23.8 Å². The molecule has 1 fully saturated rings. The largest absolute Gasteiger partial charge is 0.398 e. The zero-order valence-electron chi connectivity index (χ0n) is 10.5. The topological polar surface area (TPSA) is 55.1 Å². The molecule has 0 spiro atoms. The molecule has 0 heterocycles. The first-order chi connectivity index (χ1) is 8.08. The molecule has 1 saturated carbocycles. The van der Waals surface area contributed by atoms with Gasteiger partial charge in [0.25, 0.3) is 0 Å². The molecule has 1 aliphatic rings. The predicted octanol–water partition coefficient (Wildman–Crippen LogP) is 3.07. The van der Waals surface area contributed by atoms with Crippen molar-refractivity contribution in [2.75, 3.05) is 11.1 Å². The molecular formula is C14H20N2O. The van der Waals surface area contributed by atoms with Gasteiger partial charge in [0, 0.05) is 23.0 Å². The first-order valence-electron chi connectivity index (χ1n) is 6.25. The van der Waals surface area contributed by atoms with Crippen LogP contribution < -0.4 is 11.1 Å². The summed E-state index contributed by atoms with van der Waals surface area (Å²) in [6.07, 6.45) is 3.96. The summed E-state index contributed by atoms with van der Waals surface area (Å²) in [6, 6.07) is 6.06. The van der Waals surface area contributed by atoms with Gasteiger partial charge in [0.2, 0.25) is 0 Å². The average Bonchev–Trinajstić information content (AvgIpc) is 2.17. The number of anilines is 2. The van der Waals surface area contributed by atoms with Gasteiger partial charge in [-0.3, -0.25) is 4.79 Å². The number of hydrogen-bond donors (Lipinski definition) is 2. The van der Waals surface area contributed by atoms with E-state index < -0.39 is 0 Å². The van der Waals surface area contributed by atoms with Crippen molar-refractivity contribution >= 4 is 17.2 Å². The molecule has 1 unspecified atom stereocenters. The van der Waals surface area contributed by atoms with Crippen LogP contribution in [0.25, 0.3) is 0 Å². The lowest BCUT2D eigenvalue weighted by molar-refractivity contribution is 0.101. The standard InChI is InChI=1S/C14H20N2O/c1-9(11-4-3-5-11)16-12-6-7-14(15)13(8-12)10(2)17/h6-9,11,16H,3-5,15H2,1-2H3. The molecule has 3 nitrogen and oxygen atoms in total. The molecule has 0 aliphatic heterocycles. The molecule has 0 saturated heterocycles. The van der Waals surface area contributed by atoms with Crippen LogP contribution in [0.1, 0.15) is 43.5 Å². The summed E-state index contributed by atoms with van der Waals surface area (Å²) in [7, 11) is 0. The summed E-state index contributed by atoms with van der Waals surface area (Å²) in [5, 5.41) is 3.46. The molecule has 92 valence electrons. The Morgan fingerprint density at radius 3 is 2.71 bits per heavy atom. The SMILES string of the molecule is CC(=O)c1cc(NC(C)C2CCC2)ccc1N. The van der Waals surface area contributed by atoms with Gasteiger partial charge in [-0.2, -0.15) is 0 Å². The smallest absolute Gasteiger partial charge is 0.161 e. The van der Waals surface area contributed by atoms with E-state index in [1.807, 2.05) is 12.1 Å². The first-order valence-corrected chi connectivity index (χ1v) is 6.25. The van der Waals surface area contributed by atoms with Gasteiger partial charge in [0.1, 0.15) is 0 Å². The Kier molecular flexibility index (Phi) is 3.36. The van der Waals surface area contributed by atoms with Crippen LogP contribution in [0.2, 0.25) is 0 Å². The predicted molar refractivity (Wildman–Crippen MR) is 71.3 cm³/mol. The third-order valence-corrected chi connectivity index (χ3v) is 3.68. The summed E-state index contributed by atoms with van der Waals surface area (Å²) in [4.78, 5) is 11.4. The molecule has 1 aromatic rings. The quantitative estimate of drug-likeness (QED) is 0.619. The average molecular weight is 232 g/mol. The van der Waals surface area contributed by atoms with Crippen LogP contribution in [0.4, 0.5) is 11.4 Å². The highest BCUT2D eigenvalue weighted by Gasteiger charge is 2.23. The minimum atomic E-state index is 0.0162. The number of nitrogen functional groups attached to an aromatic ring is 1. The Morgan fingerprint density at radius 1 is 1.47 bits per heavy atom. The van der Waals surface area contributed by atoms with E-state index >= 15 is 0 Å². The molecular weight excluding hydrogens is 212 g/mol. The van der Waals surface area contributed by atoms with Gasteiger partial charge >= 0.3 is 0 Å². The van der Waals surface area contributed by atoms with Crippen LogP contribution >= 0.6 is 0 Å². The van der Waals surface area contributed by atoms with Crippen LogP contribution in [-0.2, 0) is 0 Å². The number of ketones is 1. The Morgan fingerprint density at radius 2 is 2.18 bits per heavy atom. The number of Topliss-reactive ketones (excluding diaryl/α,β-unsaturated/α-hetero) is 1. The second-order valence-electron chi connectivity index (χ2n) is 4.98. The molecule has 1 atom stereocenters. The molecule has 0 radical (unpaired) electrons. The van der Waals surface area contributed by atoms with Crippen LogP contribution in [0.15, 0.2) is 18.2 Å². The molecule has 3 heteroatoms. The molecule has 17 heavy (non-hydrogen) atoms. The molecule has 1 aliphatic carbocycles. The van der Waals surface area contributed by atoms with Gasteiger partial charge < -0.3 is 11.1 Å². The molecule has 2 rings (SSSR count). The fourth-order valence-electron chi connectivity index (χ4n) is 2.27. The van der Waals surface area contributed by atoms with E-state index in [9.17, 15) is 4.79 Å². The van der Waals surface area contributed by atoms with Crippen LogP contribution in [-0.4, -0.2) is 11.8 Å². The normalized spacial score (nSPS) is 17.3. The van der Waals surface area contributed by atoms with Crippen molar-refractivity contribution in [3.63, 3.8) is 0 Å². The maximum atomic E-state index is 11.4. The summed E-state index contributed by atoms with van der Waals surface area (Å²) >= 11 is 0. The summed E-state index contributed by atoms with van der Waals surface area (Å²) < 4.78 is 0. The lowest BCUT2D eigenvalue weighted by Gasteiger charge is -2.32. The number of benzene rings is 1. The molecule has 0 amide bonds. The number of carbonyl (C=O) groups is 1. The van der Waals surface area contributed by atoms with Crippen LogP contribution in [0.3, 0.4) is 0 Å². The maximum Gasteiger partial charge on any atom is 0.161 e. The van der Waals surface area contributed by atoms with Gasteiger partial charge in [-0.15, -0.1) is 0 Å². The Hall–Kier alpha value is -1.51. The fourth-order valence-corrected chi connectivity index (χ4v) is 2.27. The number of nitrogens with one attached hydrogen (secondary N) is 1. The third-order valence-electron chi connectivity index (χ3n) is 3.68. The number of rotatable bonds is 4. The van der Waals surface area contributed by atoms with E-state index in [2.05, 4.69) is 12.2 Å². The fraction of sp³-hybridized carbons (Fsp3) is 0.500.